The molecule has 14 heavy (non-hydrogen) atoms. The summed E-state index contributed by atoms with van der Waals surface area (Å²) in [7, 11) is 0. The van der Waals surface area contributed by atoms with Crippen LogP contribution in [0.15, 0.2) is 42.0 Å². The Morgan fingerprint density at radius 2 is 2.00 bits per heavy atom. The quantitative estimate of drug-likeness (QED) is 0.512. The summed E-state index contributed by atoms with van der Waals surface area (Å²) in [6.45, 7) is 2.00. The fourth-order valence-corrected chi connectivity index (χ4v) is 1.34. The highest BCUT2D eigenvalue weighted by Crippen LogP contribution is 2.05. The monoisotopic (exact) mass is 188 g/mol. The molecule has 0 aliphatic carbocycles. The van der Waals surface area contributed by atoms with Crippen LogP contribution in [0, 0.1) is 0 Å². The molecule has 1 rings (SSSR count). The van der Waals surface area contributed by atoms with E-state index in [4.69, 9.17) is 0 Å². The second-order valence-corrected chi connectivity index (χ2v) is 3.27. The molecule has 1 aromatic carbocycles. The first-order valence-corrected chi connectivity index (χ1v) is 5.05. The van der Waals surface area contributed by atoms with Gasteiger partial charge >= 0.3 is 0 Å². The summed E-state index contributed by atoms with van der Waals surface area (Å²) in [5.74, 6) is 0. The Bertz CT molecular complexity index is 298. The van der Waals surface area contributed by atoms with E-state index in [0.717, 1.165) is 31.1 Å². The summed E-state index contributed by atoms with van der Waals surface area (Å²) in [6.07, 6.45) is 5.77. The van der Waals surface area contributed by atoms with Crippen molar-refractivity contribution >= 4 is 6.29 Å². The van der Waals surface area contributed by atoms with Crippen molar-refractivity contribution in [2.75, 3.05) is 0 Å². The summed E-state index contributed by atoms with van der Waals surface area (Å²) in [5, 5.41) is 0. The van der Waals surface area contributed by atoms with Crippen molar-refractivity contribution < 1.29 is 4.79 Å². The second kappa shape index (κ2) is 6.14. The molecule has 0 bridgehead atoms. The Hall–Kier alpha value is -1.37. The van der Waals surface area contributed by atoms with Crippen molar-refractivity contribution in [3.05, 3.63) is 47.5 Å². The third-order valence-corrected chi connectivity index (χ3v) is 2.24. The molecule has 0 fully saturated rings. The minimum atomic E-state index is 0.832. The van der Waals surface area contributed by atoms with Gasteiger partial charge in [-0.05, 0) is 30.4 Å². The minimum absolute atomic E-state index is 0.832. The third kappa shape index (κ3) is 3.56. The van der Waals surface area contributed by atoms with Crippen molar-refractivity contribution in [3.63, 3.8) is 0 Å². The number of carbonyl (C=O) groups excluding carboxylic acids is 1. The topological polar surface area (TPSA) is 17.1 Å². The highest BCUT2D eigenvalue weighted by atomic mass is 16.1. The van der Waals surface area contributed by atoms with E-state index in [9.17, 15) is 4.79 Å². The van der Waals surface area contributed by atoms with Gasteiger partial charge in [0.25, 0.3) is 0 Å². The van der Waals surface area contributed by atoms with Gasteiger partial charge in [-0.2, -0.15) is 0 Å². The SMILES string of the molecule is CC/C(C=O)=C\CCc1ccccc1. The van der Waals surface area contributed by atoms with Gasteiger partial charge in [0, 0.05) is 0 Å². The largest absolute Gasteiger partial charge is 0.298 e. The highest BCUT2D eigenvalue weighted by molar-refractivity contribution is 5.72. The molecule has 0 N–H and O–H groups in total. The molecule has 0 atom stereocenters. The number of allylic oxidation sites excluding steroid dienone is 2. The maximum absolute atomic E-state index is 10.5. The second-order valence-electron chi connectivity index (χ2n) is 3.27. The van der Waals surface area contributed by atoms with Crippen molar-refractivity contribution in [1.29, 1.82) is 0 Å². The molecule has 0 amide bonds. The van der Waals surface area contributed by atoms with Crippen LogP contribution in [-0.4, -0.2) is 6.29 Å². The van der Waals surface area contributed by atoms with Crippen LogP contribution in [0.2, 0.25) is 0 Å². The van der Waals surface area contributed by atoms with Gasteiger partial charge < -0.3 is 0 Å². The zero-order valence-electron chi connectivity index (χ0n) is 8.57. The van der Waals surface area contributed by atoms with Gasteiger partial charge in [-0.1, -0.05) is 43.3 Å². The molecule has 1 nitrogen and oxygen atoms in total. The summed E-state index contributed by atoms with van der Waals surface area (Å²) in [6, 6.07) is 10.3. The lowest BCUT2D eigenvalue weighted by Gasteiger charge is -1.97. The van der Waals surface area contributed by atoms with Crippen molar-refractivity contribution in [2.24, 2.45) is 0 Å². The number of rotatable bonds is 5. The highest BCUT2D eigenvalue weighted by Gasteiger charge is 1.92. The molecular formula is C13H16O. The standard InChI is InChI=1S/C13H16O/c1-2-12(11-14)9-6-10-13-7-4-3-5-8-13/h3-5,7-9,11H,2,6,10H2,1H3/b12-9+. The van der Waals surface area contributed by atoms with Gasteiger partial charge in [0.15, 0.2) is 0 Å². The van der Waals surface area contributed by atoms with Crippen LogP contribution in [0.5, 0.6) is 0 Å². The van der Waals surface area contributed by atoms with E-state index < -0.39 is 0 Å². The van der Waals surface area contributed by atoms with Crippen LogP contribution in [-0.2, 0) is 11.2 Å². The first-order chi connectivity index (χ1) is 6.86. The molecule has 1 heteroatoms. The maximum atomic E-state index is 10.5. The Kier molecular flexibility index (Phi) is 4.70. The summed E-state index contributed by atoms with van der Waals surface area (Å²) in [5.41, 5.74) is 2.23. The molecule has 0 radical (unpaired) electrons. The molecule has 0 heterocycles. The molecular weight excluding hydrogens is 172 g/mol. The fraction of sp³-hybridized carbons (Fsp3) is 0.308. The Balaban J connectivity index is 2.42. The van der Waals surface area contributed by atoms with Crippen LogP contribution in [0.4, 0.5) is 0 Å². The number of aldehydes is 1. The fourth-order valence-electron chi connectivity index (χ4n) is 1.34. The molecule has 0 unspecified atom stereocenters. The van der Waals surface area contributed by atoms with Crippen LogP contribution < -0.4 is 0 Å². The number of carbonyl (C=O) groups is 1. The smallest absolute Gasteiger partial charge is 0.145 e. The molecule has 0 spiro atoms. The average molecular weight is 188 g/mol. The summed E-state index contributed by atoms with van der Waals surface area (Å²) in [4.78, 5) is 10.5. The minimum Gasteiger partial charge on any atom is -0.298 e. The van der Waals surface area contributed by atoms with Crippen LogP contribution >= 0.6 is 0 Å². The van der Waals surface area contributed by atoms with Crippen molar-refractivity contribution in [2.45, 2.75) is 26.2 Å². The molecule has 0 saturated carbocycles. The van der Waals surface area contributed by atoms with E-state index in [1.54, 1.807) is 0 Å². The summed E-state index contributed by atoms with van der Waals surface area (Å²) < 4.78 is 0. The summed E-state index contributed by atoms with van der Waals surface area (Å²) >= 11 is 0. The maximum Gasteiger partial charge on any atom is 0.145 e. The lowest BCUT2D eigenvalue weighted by Crippen LogP contribution is -1.85. The molecule has 0 aliphatic heterocycles. The normalized spacial score (nSPS) is 11.4. The number of hydrogen-bond acceptors (Lipinski definition) is 1. The Morgan fingerprint density at radius 1 is 1.29 bits per heavy atom. The van der Waals surface area contributed by atoms with E-state index in [1.807, 2.05) is 31.2 Å². The van der Waals surface area contributed by atoms with Gasteiger partial charge in [0.2, 0.25) is 0 Å². The van der Waals surface area contributed by atoms with E-state index in [1.165, 1.54) is 5.56 Å². The molecule has 0 aliphatic rings. The number of hydrogen-bond donors (Lipinski definition) is 0. The van der Waals surface area contributed by atoms with Crippen molar-refractivity contribution in [1.82, 2.24) is 0 Å². The average Bonchev–Trinajstić information content (AvgIpc) is 2.26. The van der Waals surface area contributed by atoms with Crippen LogP contribution in [0.3, 0.4) is 0 Å². The van der Waals surface area contributed by atoms with Gasteiger partial charge in [-0.15, -0.1) is 0 Å². The van der Waals surface area contributed by atoms with Crippen LogP contribution in [0.1, 0.15) is 25.3 Å². The van der Waals surface area contributed by atoms with E-state index in [0.29, 0.717) is 0 Å². The van der Waals surface area contributed by atoms with Gasteiger partial charge in [-0.3, -0.25) is 4.79 Å². The lowest BCUT2D eigenvalue weighted by molar-refractivity contribution is -0.105. The lowest BCUT2D eigenvalue weighted by atomic mass is 10.1. The first kappa shape index (κ1) is 10.7. The first-order valence-electron chi connectivity index (χ1n) is 5.05. The van der Waals surface area contributed by atoms with Crippen molar-refractivity contribution in [3.8, 4) is 0 Å². The number of aryl methyl sites for hydroxylation is 1. The third-order valence-electron chi connectivity index (χ3n) is 2.24. The zero-order valence-corrected chi connectivity index (χ0v) is 8.57. The Labute approximate surface area is 85.5 Å². The van der Waals surface area contributed by atoms with E-state index in [-0.39, 0.29) is 0 Å². The number of benzene rings is 1. The van der Waals surface area contributed by atoms with Gasteiger partial charge in [0.1, 0.15) is 6.29 Å². The van der Waals surface area contributed by atoms with Crippen LogP contribution in [0.25, 0.3) is 0 Å². The zero-order chi connectivity index (χ0) is 10.2. The molecule has 74 valence electrons. The molecule has 0 saturated heterocycles. The Morgan fingerprint density at radius 3 is 2.57 bits per heavy atom. The predicted octanol–water partition coefficient (Wildman–Crippen LogP) is 3.15. The molecule has 0 aromatic heterocycles. The van der Waals surface area contributed by atoms with Gasteiger partial charge in [0.05, 0.1) is 0 Å². The van der Waals surface area contributed by atoms with E-state index in [2.05, 4.69) is 12.1 Å². The van der Waals surface area contributed by atoms with E-state index >= 15 is 0 Å². The molecule has 1 aromatic rings. The predicted molar refractivity (Wildman–Crippen MR) is 59.2 cm³/mol. The van der Waals surface area contributed by atoms with Gasteiger partial charge in [-0.25, -0.2) is 0 Å².